The SMILES string of the molecule is CCCCC(CC)CN1C(=O)C(C(C)CC)NC1C. The molecule has 0 radical (unpaired) electrons. The highest BCUT2D eigenvalue weighted by Crippen LogP contribution is 2.22. The van der Waals surface area contributed by atoms with Gasteiger partial charge in [-0.05, 0) is 25.2 Å². The van der Waals surface area contributed by atoms with Gasteiger partial charge in [0.1, 0.15) is 0 Å². The van der Waals surface area contributed by atoms with E-state index in [2.05, 4.69) is 44.8 Å². The summed E-state index contributed by atoms with van der Waals surface area (Å²) in [7, 11) is 0. The van der Waals surface area contributed by atoms with Crippen LogP contribution in [0.25, 0.3) is 0 Å². The first-order chi connectivity index (χ1) is 9.04. The van der Waals surface area contributed by atoms with E-state index >= 15 is 0 Å². The molecular formula is C16H32N2O. The van der Waals surface area contributed by atoms with E-state index < -0.39 is 0 Å². The Bertz CT molecular complexity index is 280. The Labute approximate surface area is 119 Å². The van der Waals surface area contributed by atoms with E-state index in [9.17, 15) is 4.79 Å². The first-order valence-electron chi connectivity index (χ1n) is 8.11. The van der Waals surface area contributed by atoms with Gasteiger partial charge in [0, 0.05) is 6.54 Å². The molecule has 1 amide bonds. The number of carbonyl (C=O) groups is 1. The standard InChI is InChI=1S/C16H32N2O/c1-6-9-10-14(8-3)11-18-13(5)17-15(16(18)19)12(4)7-2/h12-15,17H,6-11H2,1-5H3. The van der Waals surface area contributed by atoms with Crippen molar-refractivity contribution in [2.45, 2.75) is 78.9 Å². The van der Waals surface area contributed by atoms with Gasteiger partial charge in [-0.25, -0.2) is 0 Å². The summed E-state index contributed by atoms with van der Waals surface area (Å²) in [5, 5.41) is 3.47. The van der Waals surface area contributed by atoms with E-state index in [0.29, 0.717) is 17.7 Å². The molecule has 3 heteroatoms. The molecule has 0 aliphatic carbocycles. The van der Waals surface area contributed by atoms with Crippen molar-refractivity contribution in [3.05, 3.63) is 0 Å². The van der Waals surface area contributed by atoms with Gasteiger partial charge in [0.05, 0.1) is 12.2 Å². The summed E-state index contributed by atoms with van der Waals surface area (Å²) in [5.74, 6) is 1.40. The number of nitrogens with zero attached hydrogens (tertiary/aromatic N) is 1. The molecular weight excluding hydrogens is 236 g/mol. The molecule has 4 atom stereocenters. The van der Waals surface area contributed by atoms with E-state index in [0.717, 1.165) is 13.0 Å². The van der Waals surface area contributed by atoms with Crippen LogP contribution < -0.4 is 5.32 Å². The molecule has 4 unspecified atom stereocenters. The van der Waals surface area contributed by atoms with Crippen LogP contribution in [0.1, 0.15) is 66.7 Å². The molecule has 1 fully saturated rings. The number of hydrogen-bond donors (Lipinski definition) is 1. The molecule has 1 aliphatic rings. The largest absolute Gasteiger partial charge is 0.326 e. The fourth-order valence-electron chi connectivity index (χ4n) is 2.88. The minimum Gasteiger partial charge on any atom is -0.326 e. The average molecular weight is 268 g/mol. The van der Waals surface area contributed by atoms with Gasteiger partial charge in [0.25, 0.3) is 0 Å². The molecule has 1 heterocycles. The molecule has 0 aromatic carbocycles. The van der Waals surface area contributed by atoms with Crippen LogP contribution in [0.3, 0.4) is 0 Å². The van der Waals surface area contributed by atoms with Gasteiger partial charge in [0.15, 0.2) is 0 Å². The topological polar surface area (TPSA) is 32.3 Å². The lowest BCUT2D eigenvalue weighted by Gasteiger charge is -2.26. The van der Waals surface area contributed by atoms with E-state index in [1.54, 1.807) is 0 Å². The molecule has 112 valence electrons. The lowest BCUT2D eigenvalue weighted by Crippen LogP contribution is -2.38. The van der Waals surface area contributed by atoms with Gasteiger partial charge in [-0.1, -0.05) is 53.4 Å². The van der Waals surface area contributed by atoms with Crippen molar-refractivity contribution in [1.82, 2.24) is 10.2 Å². The van der Waals surface area contributed by atoms with Crippen molar-refractivity contribution in [2.75, 3.05) is 6.54 Å². The van der Waals surface area contributed by atoms with Crippen LogP contribution in [0.5, 0.6) is 0 Å². The minimum absolute atomic E-state index is 0.0312. The van der Waals surface area contributed by atoms with Gasteiger partial charge in [0.2, 0.25) is 5.91 Å². The van der Waals surface area contributed by atoms with Gasteiger partial charge < -0.3 is 4.90 Å². The molecule has 0 aromatic rings. The maximum Gasteiger partial charge on any atom is 0.241 e. The third-order valence-corrected chi connectivity index (χ3v) is 4.65. The molecule has 0 saturated carbocycles. The third kappa shape index (κ3) is 4.20. The molecule has 1 N–H and O–H groups in total. The summed E-state index contributed by atoms with van der Waals surface area (Å²) in [4.78, 5) is 14.6. The second-order valence-electron chi connectivity index (χ2n) is 6.11. The summed E-state index contributed by atoms with van der Waals surface area (Å²) in [5.41, 5.74) is 0. The number of amides is 1. The van der Waals surface area contributed by atoms with E-state index in [-0.39, 0.29) is 12.2 Å². The summed E-state index contributed by atoms with van der Waals surface area (Å²) < 4.78 is 0. The van der Waals surface area contributed by atoms with Gasteiger partial charge in [-0.2, -0.15) is 0 Å². The minimum atomic E-state index is 0.0312. The third-order valence-electron chi connectivity index (χ3n) is 4.65. The van der Waals surface area contributed by atoms with Crippen LogP contribution in [-0.4, -0.2) is 29.6 Å². The molecule has 1 saturated heterocycles. The summed E-state index contributed by atoms with van der Waals surface area (Å²) in [6.07, 6.45) is 6.19. The summed E-state index contributed by atoms with van der Waals surface area (Å²) in [6.45, 7) is 11.8. The smallest absolute Gasteiger partial charge is 0.241 e. The Kier molecular flexibility index (Phi) is 6.84. The van der Waals surface area contributed by atoms with Crippen molar-refractivity contribution in [3.8, 4) is 0 Å². The van der Waals surface area contributed by atoms with Crippen LogP contribution in [0.4, 0.5) is 0 Å². The Balaban J connectivity index is 2.59. The maximum atomic E-state index is 12.5. The predicted molar refractivity (Wildman–Crippen MR) is 80.9 cm³/mol. The second-order valence-corrected chi connectivity index (χ2v) is 6.11. The van der Waals surface area contributed by atoms with Crippen molar-refractivity contribution in [3.63, 3.8) is 0 Å². The molecule has 3 nitrogen and oxygen atoms in total. The van der Waals surface area contributed by atoms with E-state index in [1.807, 2.05) is 0 Å². The Hall–Kier alpha value is -0.570. The van der Waals surface area contributed by atoms with Crippen molar-refractivity contribution in [1.29, 1.82) is 0 Å². The quantitative estimate of drug-likeness (QED) is 0.732. The zero-order valence-corrected chi connectivity index (χ0v) is 13.4. The molecule has 19 heavy (non-hydrogen) atoms. The molecule has 1 aliphatic heterocycles. The normalized spacial score (nSPS) is 26.8. The summed E-state index contributed by atoms with van der Waals surface area (Å²) >= 11 is 0. The lowest BCUT2D eigenvalue weighted by molar-refractivity contribution is -0.131. The molecule has 0 bridgehead atoms. The lowest BCUT2D eigenvalue weighted by atomic mass is 9.97. The van der Waals surface area contributed by atoms with Crippen LogP contribution >= 0.6 is 0 Å². The number of rotatable bonds is 8. The van der Waals surface area contributed by atoms with Gasteiger partial charge in [-0.3, -0.25) is 10.1 Å². The maximum absolute atomic E-state index is 12.5. The second kappa shape index (κ2) is 7.88. The highest BCUT2D eigenvalue weighted by molar-refractivity contribution is 5.84. The zero-order chi connectivity index (χ0) is 14.4. The zero-order valence-electron chi connectivity index (χ0n) is 13.4. The predicted octanol–water partition coefficient (Wildman–Crippen LogP) is 3.40. The monoisotopic (exact) mass is 268 g/mol. The number of unbranched alkanes of at least 4 members (excludes halogenated alkanes) is 1. The van der Waals surface area contributed by atoms with Gasteiger partial charge >= 0.3 is 0 Å². The Morgan fingerprint density at radius 1 is 1.26 bits per heavy atom. The van der Waals surface area contributed by atoms with E-state index in [4.69, 9.17) is 0 Å². The van der Waals surface area contributed by atoms with Crippen molar-refractivity contribution >= 4 is 5.91 Å². The first kappa shape index (κ1) is 16.5. The average Bonchev–Trinajstić information content (AvgIpc) is 2.69. The van der Waals surface area contributed by atoms with Crippen molar-refractivity contribution < 1.29 is 4.79 Å². The highest BCUT2D eigenvalue weighted by atomic mass is 16.2. The fraction of sp³-hybridized carbons (Fsp3) is 0.938. The molecule has 1 rings (SSSR count). The Morgan fingerprint density at radius 2 is 1.95 bits per heavy atom. The molecule has 0 aromatic heterocycles. The van der Waals surface area contributed by atoms with Gasteiger partial charge in [-0.15, -0.1) is 0 Å². The summed E-state index contributed by atoms with van der Waals surface area (Å²) in [6, 6.07) is 0.0312. The van der Waals surface area contributed by atoms with Crippen LogP contribution in [0.2, 0.25) is 0 Å². The van der Waals surface area contributed by atoms with Crippen molar-refractivity contribution in [2.24, 2.45) is 11.8 Å². The number of hydrogen-bond acceptors (Lipinski definition) is 2. The highest BCUT2D eigenvalue weighted by Gasteiger charge is 2.39. The fourth-order valence-corrected chi connectivity index (χ4v) is 2.88. The first-order valence-corrected chi connectivity index (χ1v) is 8.11. The van der Waals surface area contributed by atoms with Crippen LogP contribution in [0.15, 0.2) is 0 Å². The molecule has 0 spiro atoms. The van der Waals surface area contributed by atoms with Crippen LogP contribution in [-0.2, 0) is 4.79 Å². The Morgan fingerprint density at radius 3 is 2.47 bits per heavy atom. The number of carbonyl (C=O) groups excluding carboxylic acids is 1. The number of nitrogens with one attached hydrogen (secondary N) is 1. The van der Waals surface area contributed by atoms with Crippen LogP contribution in [0, 0.1) is 11.8 Å². The van der Waals surface area contributed by atoms with E-state index in [1.165, 1.54) is 25.7 Å².